The van der Waals surface area contributed by atoms with Crippen molar-refractivity contribution in [2.24, 2.45) is 0 Å². The molecule has 0 aromatic heterocycles. The number of ether oxygens (including phenoxy) is 1. The molecule has 0 amide bonds. The first-order valence-corrected chi connectivity index (χ1v) is 4.12. The predicted octanol–water partition coefficient (Wildman–Crippen LogP) is 3.39. The first-order valence-electron chi connectivity index (χ1n) is 2.95. The highest BCUT2D eigenvalue weighted by Gasteiger charge is 2.15. The van der Waals surface area contributed by atoms with Crippen LogP contribution in [-0.2, 0) is 0 Å². The molecule has 0 aliphatic carbocycles. The van der Waals surface area contributed by atoms with E-state index in [-0.39, 0.29) is 15.2 Å². The van der Waals surface area contributed by atoms with Gasteiger partial charge in [0.15, 0.2) is 11.6 Å². The van der Waals surface area contributed by atoms with Crippen LogP contribution < -0.4 is 4.74 Å². The number of halogens is 4. The quantitative estimate of drug-likeness (QED) is 0.553. The zero-order valence-electron chi connectivity index (χ0n) is 6.00. The maximum absolute atomic E-state index is 13.0. The van der Waals surface area contributed by atoms with E-state index in [1.807, 2.05) is 0 Å². The van der Waals surface area contributed by atoms with Gasteiger partial charge in [-0.1, -0.05) is 11.6 Å². The van der Waals surface area contributed by atoms with Gasteiger partial charge in [-0.25, -0.2) is 8.78 Å². The fraction of sp³-hybridized carbons (Fsp3) is 0.143. The van der Waals surface area contributed by atoms with Gasteiger partial charge in [0.1, 0.15) is 5.82 Å². The third-order valence-electron chi connectivity index (χ3n) is 1.29. The van der Waals surface area contributed by atoms with Crippen LogP contribution in [0, 0.1) is 11.6 Å². The lowest BCUT2D eigenvalue weighted by molar-refractivity contribution is 0.382. The first-order chi connectivity index (χ1) is 5.57. The van der Waals surface area contributed by atoms with Crippen molar-refractivity contribution in [1.29, 1.82) is 0 Å². The van der Waals surface area contributed by atoms with Gasteiger partial charge in [0.25, 0.3) is 0 Å². The van der Waals surface area contributed by atoms with E-state index in [0.29, 0.717) is 0 Å². The van der Waals surface area contributed by atoms with E-state index >= 15 is 0 Å². The van der Waals surface area contributed by atoms with Crippen LogP contribution in [0.5, 0.6) is 5.75 Å². The average Bonchev–Trinajstić information content (AvgIpc) is 2.08. The molecule has 0 heterocycles. The Bertz CT molecular complexity index is 317. The second-order valence-electron chi connectivity index (χ2n) is 2.00. The number of hydrogen-bond acceptors (Lipinski definition) is 1. The van der Waals surface area contributed by atoms with Gasteiger partial charge in [0, 0.05) is 6.07 Å². The highest BCUT2D eigenvalue weighted by Crippen LogP contribution is 2.33. The van der Waals surface area contributed by atoms with E-state index < -0.39 is 11.6 Å². The summed E-state index contributed by atoms with van der Waals surface area (Å²) < 4.78 is 30.3. The van der Waals surface area contributed by atoms with E-state index in [1.165, 1.54) is 7.11 Å². The lowest BCUT2D eigenvalue weighted by Gasteiger charge is -2.05. The van der Waals surface area contributed by atoms with Crippen LogP contribution in [0.4, 0.5) is 8.78 Å². The van der Waals surface area contributed by atoms with Crippen molar-refractivity contribution in [3.8, 4) is 5.75 Å². The van der Waals surface area contributed by atoms with Gasteiger partial charge in [-0.15, -0.1) is 0 Å². The third kappa shape index (κ3) is 1.54. The Hall–Kier alpha value is -0.350. The van der Waals surface area contributed by atoms with E-state index in [1.54, 1.807) is 0 Å². The summed E-state index contributed by atoms with van der Waals surface area (Å²) >= 11 is 8.22. The van der Waals surface area contributed by atoms with Gasteiger partial charge in [-0.3, -0.25) is 0 Å². The maximum Gasteiger partial charge on any atom is 0.184 e. The van der Waals surface area contributed by atoms with Crippen LogP contribution in [0.3, 0.4) is 0 Å². The highest BCUT2D eigenvalue weighted by molar-refractivity contribution is 9.10. The molecule has 1 nitrogen and oxygen atoms in total. The Morgan fingerprint density at radius 3 is 2.58 bits per heavy atom. The van der Waals surface area contributed by atoms with E-state index in [4.69, 9.17) is 11.6 Å². The average molecular weight is 257 g/mol. The molecule has 1 aromatic carbocycles. The predicted molar refractivity (Wildman–Crippen MR) is 45.6 cm³/mol. The Balaban J connectivity index is 3.39. The summed E-state index contributed by atoms with van der Waals surface area (Å²) in [5, 5.41) is -0.313. The second-order valence-corrected chi connectivity index (χ2v) is 3.17. The van der Waals surface area contributed by atoms with Crippen LogP contribution in [0.25, 0.3) is 0 Å². The third-order valence-corrected chi connectivity index (χ3v) is 2.65. The van der Waals surface area contributed by atoms with Crippen LogP contribution in [0.1, 0.15) is 0 Å². The van der Waals surface area contributed by atoms with Crippen molar-refractivity contribution in [2.75, 3.05) is 7.11 Å². The number of methoxy groups -OCH3 is 1. The first kappa shape index (κ1) is 9.74. The van der Waals surface area contributed by atoms with Gasteiger partial charge in [-0.05, 0) is 15.9 Å². The van der Waals surface area contributed by atoms with E-state index in [2.05, 4.69) is 20.7 Å². The molecule has 12 heavy (non-hydrogen) atoms. The van der Waals surface area contributed by atoms with Gasteiger partial charge < -0.3 is 4.74 Å². The molecule has 0 spiro atoms. The molecule has 0 radical (unpaired) electrons. The molecule has 0 atom stereocenters. The minimum atomic E-state index is -0.771. The minimum absolute atomic E-state index is 0.0949. The molecule has 0 N–H and O–H groups in total. The van der Waals surface area contributed by atoms with Crippen LogP contribution in [0.15, 0.2) is 10.5 Å². The Morgan fingerprint density at radius 1 is 1.50 bits per heavy atom. The molecule has 0 bridgehead atoms. The molecule has 1 rings (SSSR count). The molecule has 66 valence electrons. The van der Waals surface area contributed by atoms with Crippen molar-refractivity contribution in [2.45, 2.75) is 0 Å². The normalized spacial score (nSPS) is 10.1. The fourth-order valence-corrected chi connectivity index (χ4v) is 1.17. The molecule has 0 aliphatic heterocycles. The second kappa shape index (κ2) is 3.58. The summed E-state index contributed by atoms with van der Waals surface area (Å²) in [6, 6.07) is 0.922. The highest BCUT2D eigenvalue weighted by atomic mass is 79.9. The zero-order valence-corrected chi connectivity index (χ0v) is 8.34. The number of rotatable bonds is 1. The van der Waals surface area contributed by atoms with E-state index in [9.17, 15) is 8.78 Å². The Kier molecular flexibility index (Phi) is 2.90. The summed E-state index contributed by atoms with van der Waals surface area (Å²) in [5.74, 6) is -1.63. The molecule has 0 saturated carbocycles. The van der Waals surface area contributed by atoms with Crippen molar-refractivity contribution in [1.82, 2.24) is 0 Å². The van der Waals surface area contributed by atoms with Gasteiger partial charge in [-0.2, -0.15) is 0 Å². The van der Waals surface area contributed by atoms with Crippen molar-refractivity contribution < 1.29 is 13.5 Å². The smallest absolute Gasteiger partial charge is 0.184 e. The van der Waals surface area contributed by atoms with Gasteiger partial charge >= 0.3 is 0 Å². The summed E-state index contributed by atoms with van der Waals surface area (Å²) in [6.07, 6.45) is 0. The molecule has 5 heteroatoms. The fourth-order valence-electron chi connectivity index (χ4n) is 0.700. The van der Waals surface area contributed by atoms with Crippen molar-refractivity contribution in [3.63, 3.8) is 0 Å². The number of hydrogen-bond donors (Lipinski definition) is 0. The molecule has 0 saturated heterocycles. The summed E-state index contributed by atoms with van der Waals surface area (Å²) in [4.78, 5) is 0. The molecular weight excluding hydrogens is 253 g/mol. The Morgan fingerprint density at radius 2 is 2.08 bits per heavy atom. The lowest BCUT2D eigenvalue weighted by Crippen LogP contribution is -1.92. The molecule has 0 fully saturated rings. The summed E-state index contributed by atoms with van der Waals surface area (Å²) in [7, 11) is 1.24. The molecule has 1 aromatic rings. The molecular formula is C7H4BrClF2O. The SMILES string of the molecule is COc1cc(F)c(Br)c(Cl)c1F. The molecule has 0 aliphatic rings. The summed E-state index contributed by atoms with van der Waals surface area (Å²) in [6.45, 7) is 0. The summed E-state index contributed by atoms with van der Waals surface area (Å²) in [5.41, 5.74) is 0. The van der Waals surface area contributed by atoms with Crippen LogP contribution in [0.2, 0.25) is 5.02 Å². The monoisotopic (exact) mass is 256 g/mol. The van der Waals surface area contributed by atoms with Crippen LogP contribution in [-0.4, -0.2) is 7.11 Å². The maximum atomic E-state index is 13.0. The van der Waals surface area contributed by atoms with Crippen molar-refractivity contribution in [3.05, 3.63) is 27.2 Å². The topological polar surface area (TPSA) is 9.23 Å². The molecule has 0 unspecified atom stereocenters. The van der Waals surface area contributed by atoms with Crippen LogP contribution >= 0.6 is 27.5 Å². The standard InChI is InChI=1S/C7H4BrClF2O/c1-12-4-2-3(10)5(8)6(9)7(4)11/h2H,1H3. The van der Waals surface area contributed by atoms with Gasteiger partial charge in [0.05, 0.1) is 16.6 Å². The van der Waals surface area contributed by atoms with Crippen molar-refractivity contribution >= 4 is 27.5 Å². The zero-order chi connectivity index (χ0) is 9.30. The lowest BCUT2D eigenvalue weighted by atomic mass is 10.3. The minimum Gasteiger partial charge on any atom is -0.494 e. The largest absolute Gasteiger partial charge is 0.494 e. The Labute approximate surface area is 81.4 Å². The van der Waals surface area contributed by atoms with E-state index in [0.717, 1.165) is 6.07 Å². The van der Waals surface area contributed by atoms with Gasteiger partial charge in [0.2, 0.25) is 0 Å². The number of benzene rings is 1.